The molecule has 2 heterocycles. The number of hydrogen-bond acceptors (Lipinski definition) is 3. The molecule has 2 fully saturated rings. The van der Waals surface area contributed by atoms with E-state index >= 15 is 0 Å². The fraction of sp³-hybridized carbons (Fsp3) is 0.933. The Morgan fingerprint density at radius 1 is 1.37 bits per heavy atom. The second-order valence-corrected chi connectivity index (χ2v) is 6.08. The van der Waals surface area contributed by atoms with Crippen molar-refractivity contribution >= 4 is 5.91 Å². The van der Waals surface area contributed by atoms with Crippen LogP contribution in [0.5, 0.6) is 0 Å². The van der Waals surface area contributed by atoms with Crippen molar-refractivity contribution in [3.63, 3.8) is 0 Å². The first-order valence-corrected chi connectivity index (χ1v) is 7.76. The highest BCUT2D eigenvalue weighted by molar-refractivity contribution is 5.88. The van der Waals surface area contributed by atoms with Gasteiger partial charge >= 0.3 is 0 Å². The third-order valence-corrected chi connectivity index (χ3v) is 4.87. The molecule has 0 aromatic carbocycles. The Hall–Kier alpha value is -0.610. The third kappa shape index (κ3) is 2.65. The second kappa shape index (κ2) is 5.80. The summed E-state index contributed by atoms with van der Waals surface area (Å²) in [6.45, 7) is 10.1. The average molecular weight is 268 g/mol. The van der Waals surface area contributed by atoms with Gasteiger partial charge in [-0.15, -0.1) is 0 Å². The molecule has 2 saturated heterocycles. The van der Waals surface area contributed by atoms with Gasteiger partial charge in [0.25, 0.3) is 0 Å². The summed E-state index contributed by atoms with van der Waals surface area (Å²) in [5.74, 6) is 0.771. The first-order valence-electron chi connectivity index (χ1n) is 7.76. The molecule has 0 aromatic rings. The SMILES string of the molecule is CCC1OCCC1CN1C(=O)C(C)(CC)NC1CC. The first kappa shape index (κ1) is 14.8. The Bertz CT molecular complexity index is 334. The first-order chi connectivity index (χ1) is 9.05. The highest BCUT2D eigenvalue weighted by atomic mass is 16.5. The number of nitrogens with zero attached hydrogens (tertiary/aromatic N) is 1. The lowest BCUT2D eigenvalue weighted by Crippen LogP contribution is -2.43. The summed E-state index contributed by atoms with van der Waals surface area (Å²) in [4.78, 5) is 14.7. The summed E-state index contributed by atoms with van der Waals surface area (Å²) in [6.07, 6.45) is 4.46. The molecule has 0 bridgehead atoms. The van der Waals surface area contributed by atoms with Crippen molar-refractivity contribution in [1.82, 2.24) is 10.2 Å². The van der Waals surface area contributed by atoms with Crippen molar-refractivity contribution in [2.75, 3.05) is 13.2 Å². The summed E-state index contributed by atoms with van der Waals surface area (Å²) in [5, 5.41) is 3.51. The predicted molar refractivity (Wildman–Crippen MR) is 75.8 cm³/mol. The monoisotopic (exact) mass is 268 g/mol. The number of ether oxygens (including phenoxy) is 1. The molecule has 2 aliphatic rings. The van der Waals surface area contributed by atoms with Crippen LogP contribution in [0.2, 0.25) is 0 Å². The summed E-state index contributed by atoms with van der Waals surface area (Å²) in [7, 11) is 0. The van der Waals surface area contributed by atoms with E-state index < -0.39 is 0 Å². The Morgan fingerprint density at radius 2 is 2.11 bits per heavy atom. The molecular formula is C15H28N2O2. The molecule has 1 N–H and O–H groups in total. The van der Waals surface area contributed by atoms with E-state index in [-0.39, 0.29) is 17.6 Å². The van der Waals surface area contributed by atoms with Crippen LogP contribution in [0.25, 0.3) is 0 Å². The number of hydrogen-bond donors (Lipinski definition) is 1. The van der Waals surface area contributed by atoms with E-state index in [4.69, 9.17) is 4.74 Å². The minimum absolute atomic E-state index is 0.190. The van der Waals surface area contributed by atoms with Gasteiger partial charge in [0, 0.05) is 19.1 Å². The minimum atomic E-state index is -0.373. The lowest BCUT2D eigenvalue weighted by Gasteiger charge is -2.28. The van der Waals surface area contributed by atoms with Gasteiger partial charge < -0.3 is 9.64 Å². The van der Waals surface area contributed by atoms with E-state index in [9.17, 15) is 4.79 Å². The van der Waals surface area contributed by atoms with Crippen LogP contribution < -0.4 is 5.32 Å². The highest BCUT2D eigenvalue weighted by Gasteiger charge is 2.47. The topological polar surface area (TPSA) is 41.6 Å². The van der Waals surface area contributed by atoms with E-state index in [0.717, 1.165) is 38.8 Å². The molecule has 1 amide bonds. The van der Waals surface area contributed by atoms with Gasteiger partial charge in [-0.25, -0.2) is 0 Å². The van der Waals surface area contributed by atoms with E-state index in [2.05, 4.69) is 31.0 Å². The average Bonchev–Trinajstić information content (AvgIpc) is 2.97. The van der Waals surface area contributed by atoms with Crippen molar-refractivity contribution in [3.05, 3.63) is 0 Å². The number of amides is 1. The molecule has 4 heteroatoms. The summed E-state index contributed by atoms with van der Waals surface area (Å²) < 4.78 is 5.75. The quantitative estimate of drug-likeness (QED) is 0.830. The van der Waals surface area contributed by atoms with Gasteiger partial charge in [-0.2, -0.15) is 0 Å². The van der Waals surface area contributed by atoms with Gasteiger partial charge in [-0.3, -0.25) is 10.1 Å². The van der Waals surface area contributed by atoms with Crippen LogP contribution in [0.4, 0.5) is 0 Å². The zero-order valence-electron chi connectivity index (χ0n) is 12.7. The maximum absolute atomic E-state index is 12.6. The van der Waals surface area contributed by atoms with Crippen LogP contribution in [0.3, 0.4) is 0 Å². The zero-order chi connectivity index (χ0) is 14.0. The summed E-state index contributed by atoms with van der Waals surface area (Å²) >= 11 is 0. The van der Waals surface area contributed by atoms with E-state index in [1.807, 2.05) is 6.92 Å². The fourth-order valence-corrected chi connectivity index (χ4v) is 3.36. The molecule has 2 rings (SSSR count). The Kier molecular flexibility index (Phi) is 4.51. The van der Waals surface area contributed by atoms with Gasteiger partial charge in [0.1, 0.15) is 0 Å². The Morgan fingerprint density at radius 3 is 2.68 bits per heavy atom. The van der Waals surface area contributed by atoms with Crippen LogP contribution in [-0.2, 0) is 9.53 Å². The van der Waals surface area contributed by atoms with Gasteiger partial charge in [-0.05, 0) is 32.6 Å². The molecule has 0 saturated carbocycles. The van der Waals surface area contributed by atoms with Gasteiger partial charge in [0.15, 0.2) is 0 Å². The predicted octanol–water partition coefficient (Wildman–Crippen LogP) is 2.14. The smallest absolute Gasteiger partial charge is 0.243 e. The summed E-state index contributed by atoms with van der Waals surface area (Å²) in [5.41, 5.74) is -0.373. The third-order valence-electron chi connectivity index (χ3n) is 4.87. The highest BCUT2D eigenvalue weighted by Crippen LogP contribution is 2.30. The van der Waals surface area contributed by atoms with Crippen LogP contribution >= 0.6 is 0 Å². The van der Waals surface area contributed by atoms with Crippen molar-refractivity contribution in [2.45, 2.75) is 71.2 Å². The molecule has 4 atom stereocenters. The van der Waals surface area contributed by atoms with E-state index in [0.29, 0.717) is 12.0 Å². The van der Waals surface area contributed by atoms with Crippen LogP contribution in [0, 0.1) is 5.92 Å². The van der Waals surface area contributed by atoms with Crippen molar-refractivity contribution in [1.29, 1.82) is 0 Å². The van der Waals surface area contributed by atoms with Crippen LogP contribution in [0.15, 0.2) is 0 Å². The van der Waals surface area contributed by atoms with E-state index in [1.165, 1.54) is 0 Å². The fourth-order valence-electron chi connectivity index (χ4n) is 3.36. The molecular weight excluding hydrogens is 240 g/mol. The van der Waals surface area contributed by atoms with Gasteiger partial charge in [-0.1, -0.05) is 20.8 Å². The lowest BCUT2D eigenvalue weighted by atomic mass is 9.96. The second-order valence-electron chi connectivity index (χ2n) is 6.08. The number of carbonyl (C=O) groups excluding carboxylic acids is 1. The molecule has 110 valence electrons. The molecule has 0 radical (unpaired) electrons. The number of nitrogens with one attached hydrogen (secondary N) is 1. The Balaban J connectivity index is 2.07. The molecule has 19 heavy (non-hydrogen) atoms. The largest absolute Gasteiger partial charge is 0.378 e. The van der Waals surface area contributed by atoms with Crippen LogP contribution in [0.1, 0.15) is 53.4 Å². The van der Waals surface area contributed by atoms with Crippen molar-refractivity contribution < 1.29 is 9.53 Å². The number of rotatable bonds is 5. The standard InChI is InChI=1S/C15H28N2O2/c1-5-12-11(8-9-19-12)10-17-13(6-2)16-15(4,7-3)14(17)18/h11-13,16H,5-10H2,1-4H3. The maximum Gasteiger partial charge on any atom is 0.243 e. The molecule has 0 aromatic heterocycles. The molecule has 0 spiro atoms. The Labute approximate surface area is 116 Å². The number of carbonyl (C=O) groups is 1. The maximum atomic E-state index is 12.6. The molecule has 4 unspecified atom stereocenters. The normalized spacial score (nSPS) is 39.3. The zero-order valence-corrected chi connectivity index (χ0v) is 12.7. The molecule has 2 aliphatic heterocycles. The molecule has 4 nitrogen and oxygen atoms in total. The van der Waals surface area contributed by atoms with E-state index in [1.54, 1.807) is 0 Å². The van der Waals surface area contributed by atoms with Crippen molar-refractivity contribution in [2.24, 2.45) is 5.92 Å². The van der Waals surface area contributed by atoms with Gasteiger partial charge in [0.05, 0.1) is 17.8 Å². The van der Waals surface area contributed by atoms with Crippen LogP contribution in [-0.4, -0.2) is 41.8 Å². The molecule has 0 aliphatic carbocycles. The summed E-state index contributed by atoms with van der Waals surface area (Å²) in [6, 6.07) is 0. The van der Waals surface area contributed by atoms with Crippen molar-refractivity contribution in [3.8, 4) is 0 Å². The van der Waals surface area contributed by atoms with Gasteiger partial charge in [0.2, 0.25) is 5.91 Å². The minimum Gasteiger partial charge on any atom is -0.378 e. The lowest BCUT2D eigenvalue weighted by molar-refractivity contribution is -0.133.